The van der Waals surface area contributed by atoms with Crippen LogP contribution in [0.5, 0.6) is 5.75 Å². The molecule has 1 aromatic rings. The van der Waals surface area contributed by atoms with Gasteiger partial charge in [-0.05, 0) is 37.7 Å². The molecule has 0 unspecified atom stereocenters. The van der Waals surface area contributed by atoms with E-state index in [1.165, 1.54) is 25.7 Å². The Hall–Kier alpha value is -0.570. The van der Waals surface area contributed by atoms with E-state index in [0.29, 0.717) is 6.10 Å². The molecule has 0 atom stereocenters. The van der Waals surface area contributed by atoms with Gasteiger partial charge in [0.1, 0.15) is 5.75 Å². The lowest BCUT2D eigenvalue weighted by molar-refractivity contribution is 0.135. The summed E-state index contributed by atoms with van der Waals surface area (Å²) in [6, 6.07) is 3.97. The summed E-state index contributed by atoms with van der Waals surface area (Å²) in [5, 5.41) is 0.784. The summed E-state index contributed by atoms with van der Waals surface area (Å²) in [5.74, 6) is 1.83. The third-order valence-electron chi connectivity index (χ3n) is 3.19. The van der Waals surface area contributed by atoms with Gasteiger partial charge in [0.15, 0.2) is 0 Å². The zero-order valence-electron chi connectivity index (χ0n) is 9.66. The second kappa shape index (κ2) is 5.67. The third kappa shape index (κ3) is 3.21. The summed E-state index contributed by atoms with van der Waals surface area (Å²) >= 11 is 3.41. The van der Waals surface area contributed by atoms with Gasteiger partial charge in [-0.1, -0.05) is 22.9 Å². The van der Waals surface area contributed by atoms with Crippen molar-refractivity contribution >= 4 is 15.9 Å². The molecule has 0 N–H and O–H groups in total. The fraction of sp³-hybridized carbons (Fsp3) is 0.615. The molecule has 1 aliphatic carbocycles. The first-order valence-corrected chi connectivity index (χ1v) is 7.07. The van der Waals surface area contributed by atoms with E-state index in [-0.39, 0.29) is 0 Å². The maximum Gasteiger partial charge on any atom is 0.123 e. The minimum Gasteiger partial charge on any atom is -0.490 e. The Labute approximate surface area is 106 Å². The maximum absolute atomic E-state index is 5.99. The third-order valence-corrected chi connectivity index (χ3v) is 3.77. The molecule has 0 saturated heterocycles. The topological polar surface area (TPSA) is 22.1 Å². The van der Waals surface area contributed by atoms with Crippen molar-refractivity contribution < 1.29 is 4.74 Å². The molecule has 0 bridgehead atoms. The van der Waals surface area contributed by atoms with E-state index in [1.807, 2.05) is 18.3 Å². The van der Waals surface area contributed by atoms with Gasteiger partial charge < -0.3 is 4.74 Å². The molecule has 1 aliphatic rings. The van der Waals surface area contributed by atoms with Gasteiger partial charge in [-0.2, -0.15) is 0 Å². The fourth-order valence-corrected chi connectivity index (χ4v) is 2.45. The molecule has 2 nitrogen and oxygen atoms in total. The Morgan fingerprint density at radius 3 is 2.81 bits per heavy atom. The maximum atomic E-state index is 5.99. The number of pyridine rings is 1. The first kappa shape index (κ1) is 11.9. The quantitative estimate of drug-likeness (QED) is 0.784. The van der Waals surface area contributed by atoms with E-state index in [4.69, 9.17) is 4.74 Å². The molecule has 0 amide bonds. The highest BCUT2D eigenvalue weighted by molar-refractivity contribution is 9.08. The SMILES string of the molecule is CC1CCC(Oc2ccnc(CBr)c2)CC1. The summed E-state index contributed by atoms with van der Waals surface area (Å²) in [4.78, 5) is 4.24. The van der Waals surface area contributed by atoms with Crippen LogP contribution in [0.15, 0.2) is 18.3 Å². The van der Waals surface area contributed by atoms with Crippen LogP contribution in [0.25, 0.3) is 0 Å². The standard InChI is InChI=1S/C13H18BrNO/c1-10-2-4-12(5-3-10)16-13-6-7-15-11(8-13)9-14/h6-8,10,12H,2-5,9H2,1H3. The van der Waals surface area contributed by atoms with Crippen molar-refractivity contribution in [3.63, 3.8) is 0 Å². The van der Waals surface area contributed by atoms with Crippen molar-refractivity contribution in [3.05, 3.63) is 24.0 Å². The summed E-state index contributed by atoms with van der Waals surface area (Å²) < 4.78 is 5.99. The number of halogens is 1. The van der Waals surface area contributed by atoms with Crippen LogP contribution >= 0.6 is 15.9 Å². The van der Waals surface area contributed by atoms with Gasteiger partial charge in [0.25, 0.3) is 0 Å². The molecular formula is C13H18BrNO. The van der Waals surface area contributed by atoms with Crippen LogP contribution in [0, 0.1) is 5.92 Å². The highest BCUT2D eigenvalue weighted by atomic mass is 79.9. The number of ether oxygens (including phenoxy) is 1. The molecule has 1 aromatic heterocycles. The van der Waals surface area contributed by atoms with Crippen LogP contribution < -0.4 is 4.74 Å². The van der Waals surface area contributed by atoms with Gasteiger partial charge in [0.05, 0.1) is 11.8 Å². The molecule has 1 fully saturated rings. The average molecular weight is 284 g/mol. The van der Waals surface area contributed by atoms with Gasteiger partial charge in [-0.3, -0.25) is 4.98 Å². The lowest BCUT2D eigenvalue weighted by atomic mass is 9.89. The minimum atomic E-state index is 0.404. The first-order chi connectivity index (χ1) is 7.78. The lowest BCUT2D eigenvalue weighted by Gasteiger charge is -2.26. The molecule has 0 spiro atoms. The molecule has 2 rings (SSSR count). The predicted octanol–water partition coefficient (Wildman–Crippen LogP) is 3.93. The molecular weight excluding hydrogens is 266 g/mol. The summed E-state index contributed by atoms with van der Waals surface area (Å²) in [6.07, 6.45) is 7.18. The minimum absolute atomic E-state index is 0.404. The largest absolute Gasteiger partial charge is 0.490 e. The number of hydrogen-bond donors (Lipinski definition) is 0. The zero-order chi connectivity index (χ0) is 11.4. The normalized spacial score (nSPS) is 25.4. The summed E-state index contributed by atoms with van der Waals surface area (Å²) in [7, 11) is 0. The van der Waals surface area contributed by atoms with Crippen LogP contribution in [-0.2, 0) is 5.33 Å². The van der Waals surface area contributed by atoms with Crippen LogP contribution in [0.4, 0.5) is 0 Å². The van der Waals surface area contributed by atoms with Crippen molar-refractivity contribution in [2.75, 3.05) is 0 Å². The molecule has 88 valence electrons. The van der Waals surface area contributed by atoms with E-state index >= 15 is 0 Å². The summed E-state index contributed by atoms with van der Waals surface area (Å²) in [5.41, 5.74) is 1.03. The van der Waals surface area contributed by atoms with E-state index in [1.54, 1.807) is 0 Å². The van der Waals surface area contributed by atoms with Gasteiger partial charge in [-0.25, -0.2) is 0 Å². The van der Waals surface area contributed by atoms with Crippen LogP contribution in [-0.4, -0.2) is 11.1 Å². The molecule has 0 aliphatic heterocycles. The Balaban J connectivity index is 1.93. The number of alkyl halides is 1. The van der Waals surface area contributed by atoms with Crippen molar-refractivity contribution in [1.82, 2.24) is 4.98 Å². The number of rotatable bonds is 3. The molecule has 1 saturated carbocycles. The molecule has 0 aromatic carbocycles. The van der Waals surface area contributed by atoms with Crippen LogP contribution in [0.1, 0.15) is 38.3 Å². The highest BCUT2D eigenvalue weighted by Crippen LogP contribution is 2.27. The van der Waals surface area contributed by atoms with Crippen molar-refractivity contribution in [2.24, 2.45) is 5.92 Å². The Kier molecular flexibility index (Phi) is 4.22. The number of aromatic nitrogens is 1. The van der Waals surface area contributed by atoms with Crippen molar-refractivity contribution in [3.8, 4) is 5.75 Å². The van der Waals surface area contributed by atoms with Gasteiger partial charge in [-0.15, -0.1) is 0 Å². The predicted molar refractivity (Wildman–Crippen MR) is 68.9 cm³/mol. The second-order valence-corrected chi connectivity index (χ2v) is 5.18. The summed E-state index contributed by atoms with van der Waals surface area (Å²) in [6.45, 7) is 2.32. The van der Waals surface area contributed by atoms with Crippen molar-refractivity contribution in [1.29, 1.82) is 0 Å². The molecule has 16 heavy (non-hydrogen) atoms. The molecule has 3 heteroatoms. The fourth-order valence-electron chi connectivity index (χ4n) is 2.14. The Morgan fingerprint density at radius 1 is 1.38 bits per heavy atom. The van der Waals surface area contributed by atoms with E-state index < -0.39 is 0 Å². The van der Waals surface area contributed by atoms with E-state index in [0.717, 1.165) is 22.7 Å². The monoisotopic (exact) mass is 283 g/mol. The zero-order valence-corrected chi connectivity index (χ0v) is 11.2. The number of nitrogens with zero attached hydrogens (tertiary/aromatic N) is 1. The Morgan fingerprint density at radius 2 is 2.12 bits per heavy atom. The molecule has 1 heterocycles. The van der Waals surface area contributed by atoms with Crippen LogP contribution in [0.2, 0.25) is 0 Å². The van der Waals surface area contributed by atoms with Gasteiger partial charge in [0.2, 0.25) is 0 Å². The Bertz CT molecular complexity index is 334. The van der Waals surface area contributed by atoms with Gasteiger partial charge in [0, 0.05) is 17.6 Å². The number of hydrogen-bond acceptors (Lipinski definition) is 2. The van der Waals surface area contributed by atoms with E-state index in [2.05, 4.69) is 27.8 Å². The van der Waals surface area contributed by atoms with Crippen molar-refractivity contribution in [2.45, 2.75) is 44.0 Å². The average Bonchev–Trinajstić information content (AvgIpc) is 2.32. The van der Waals surface area contributed by atoms with Crippen LogP contribution in [0.3, 0.4) is 0 Å². The smallest absolute Gasteiger partial charge is 0.123 e. The van der Waals surface area contributed by atoms with Gasteiger partial charge >= 0.3 is 0 Å². The lowest BCUT2D eigenvalue weighted by Crippen LogP contribution is -2.23. The highest BCUT2D eigenvalue weighted by Gasteiger charge is 2.19. The first-order valence-electron chi connectivity index (χ1n) is 5.95. The molecule has 0 radical (unpaired) electrons. The second-order valence-electron chi connectivity index (χ2n) is 4.62. The van der Waals surface area contributed by atoms with E-state index in [9.17, 15) is 0 Å².